The molecule has 0 aromatic carbocycles. The van der Waals surface area contributed by atoms with Crippen LogP contribution in [0.25, 0.3) is 0 Å². The number of anilines is 1. The van der Waals surface area contributed by atoms with Gasteiger partial charge in [-0.05, 0) is 39.3 Å². The van der Waals surface area contributed by atoms with E-state index in [4.69, 9.17) is 0 Å². The van der Waals surface area contributed by atoms with Crippen LogP contribution in [0, 0.1) is 13.8 Å². The van der Waals surface area contributed by atoms with E-state index in [2.05, 4.69) is 20.0 Å². The summed E-state index contributed by atoms with van der Waals surface area (Å²) in [6.07, 6.45) is 4.41. The van der Waals surface area contributed by atoms with Gasteiger partial charge in [-0.15, -0.1) is 0 Å². The third-order valence-corrected chi connectivity index (χ3v) is 4.41. The number of hydrogen-bond donors (Lipinski definition) is 0. The highest BCUT2D eigenvalue weighted by atomic mass is 16.2. The summed E-state index contributed by atoms with van der Waals surface area (Å²) in [6, 6.07) is 3.53. The second-order valence-corrected chi connectivity index (χ2v) is 6.26. The molecule has 128 valence electrons. The number of amides is 1. The standard InChI is InChI=1S/C17H24N6O/c1-13-12-14(2)23(20-13)15(3)16(24)21-8-5-9-22(11-10-21)17-18-6-4-7-19-17/h4,6-7,12,15H,5,8-11H2,1-3H3. The Morgan fingerprint density at radius 2 is 1.88 bits per heavy atom. The first-order valence-corrected chi connectivity index (χ1v) is 8.40. The van der Waals surface area contributed by atoms with Crippen molar-refractivity contribution in [2.24, 2.45) is 0 Å². The van der Waals surface area contributed by atoms with Gasteiger partial charge in [0, 0.05) is 44.3 Å². The van der Waals surface area contributed by atoms with E-state index < -0.39 is 0 Å². The summed E-state index contributed by atoms with van der Waals surface area (Å²) in [7, 11) is 0. The summed E-state index contributed by atoms with van der Waals surface area (Å²) >= 11 is 0. The Morgan fingerprint density at radius 1 is 1.12 bits per heavy atom. The molecular weight excluding hydrogens is 304 g/mol. The van der Waals surface area contributed by atoms with Crippen LogP contribution in [0.1, 0.15) is 30.8 Å². The molecule has 1 aliphatic rings. The number of aromatic nitrogens is 4. The van der Waals surface area contributed by atoms with E-state index in [1.165, 1.54) is 0 Å². The Bertz CT molecular complexity index is 698. The normalized spacial score (nSPS) is 16.8. The molecule has 0 saturated carbocycles. The van der Waals surface area contributed by atoms with Crippen LogP contribution in [0.2, 0.25) is 0 Å². The highest BCUT2D eigenvalue weighted by Crippen LogP contribution is 2.16. The van der Waals surface area contributed by atoms with Gasteiger partial charge in [-0.2, -0.15) is 5.10 Å². The lowest BCUT2D eigenvalue weighted by molar-refractivity contribution is -0.134. The molecule has 3 heterocycles. The molecule has 1 atom stereocenters. The molecule has 3 rings (SSSR count). The first kappa shape index (κ1) is 16.4. The molecule has 1 unspecified atom stereocenters. The summed E-state index contributed by atoms with van der Waals surface area (Å²) in [4.78, 5) is 25.6. The van der Waals surface area contributed by atoms with Gasteiger partial charge in [-0.1, -0.05) is 0 Å². The van der Waals surface area contributed by atoms with Gasteiger partial charge in [0.25, 0.3) is 0 Å². The maximum atomic E-state index is 12.9. The third-order valence-electron chi connectivity index (χ3n) is 4.41. The van der Waals surface area contributed by atoms with Crippen LogP contribution in [-0.4, -0.2) is 56.7 Å². The van der Waals surface area contributed by atoms with E-state index in [1.54, 1.807) is 12.4 Å². The zero-order chi connectivity index (χ0) is 17.1. The molecule has 0 N–H and O–H groups in total. The fraction of sp³-hybridized carbons (Fsp3) is 0.529. The Labute approximate surface area is 142 Å². The minimum atomic E-state index is -0.279. The van der Waals surface area contributed by atoms with Crippen LogP contribution in [0.3, 0.4) is 0 Å². The van der Waals surface area contributed by atoms with E-state index in [0.29, 0.717) is 6.54 Å². The van der Waals surface area contributed by atoms with E-state index in [9.17, 15) is 4.79 Å². The zero-order valence-corrected chi connectivity index (χ0v) is 14.5. The molecule has 1 saturated heterocycles. The number of carbonyl (C=O) groups is 1. The van der Waals surface area contributed by atoms with Gasteiger partial charge in [-0.25, -0.2) is 9.97 Å². The molecule has 24 heavy (non-hydrogen) atoms. The summed E-state index contributed by atoms with van der Waals surface area (Å²) in [6.45, 7) is 8.91. The fourth-order valence-corrected chi connectivity index (χ4v) is 3.20. The lowest BCUT2D eigenvalue weighted by atomic mass is 10.2. The van der Waals surface area contributed by atoms with Crippen LogP contribution in [-0.2, 0) is 4.79 Å². The van der Waals surface area contributed by atoms with Crippen molar-refractivity contribution >= 4 is 11.9 Å². The molecule has 0 aliphatic carbocycles. The van der Waals surface area contributed by atoms with Crippen LogP contribution in [0.15, 0.2) is 24.5 Å². The van der Waals surface area contributed by atoms with Crippen molar-refractivity contribution in [3.05, 3.63) is 35.9 Å². The highest BCUT2D eigenvalue weighted by molar-refractivity contribution is 5.80. The van der Waals surface area contributed by atoms with Gasteiger partial charge in [-0.3, -0.25) is 9.48 Å². The predicted octanol–water partition coefficient (Wildman–Crippen LogP) is 1.59. The molecule has 1 amide bonds. The zero-order valence-electron chi connectivity index (χ0n) is 14.5. The SMILES string of the molecule is Cc1cc(C)n(C(C)C(=O)N2CCCN(c3ncccn3)CC2)n1. The summed E-state index contributed by atoms with van der Waals surface area (Å²) in [5.74, 6) is 0.857. The smallest absolute Gasteiger partial charge is 0.247 e. The van der Waals surface area contributed by atoms with Crippen LogP contribution >= 0.6 is 0 Å². The Kier molecular flexibility index (Phi) is 4.78. The molecule has 7 heteroatoms. The topological polar surface area (TPSA) is 67.2 Å². The first-order chi connectivity index (χ1) is 11.6. The average molecular weight is 328 g/mol. The second kappa shape index (κ2) is 6.98. The molecule has 0 bridgehead atoms. The van der Waals surface area contributed by atoms with Crippen molar-refractivity contribution in [3.8, 4) is 0 Å². The van der Waals surface area contributed by atoms with E-state index in [1.807, 2.05) is 42.5 Å². The largest absolute Gasteiger partial charge is 0.339 e. The summed E-state index contributed by atoms with van der Waals surface area (Å²) in [5.41, 5.74) is 1.96. The summed E-state index contributed by atoms with van der Waals surface area (Å²) < 4.78 is 1.82. The molecule has 0 radical (unpaired) electrons. The van der Waals surface area contributed by atoms with Crippen molar-refractivity contribution in [2.75, 3.05) is 31.1 Å². The molecule has 1 aliphatic heterocycles. The molecular formula is C17H24N6O. The van der Waals surface area contributed by atoms with Gasteiger partial charge < -0.3 is 9.80 Å². The highest BCUT2D eigenvalue weighted by Gasteiger charge is 2.26. The molecule has 2 aromatic rings. The fourth-order valence-electron chi connectivity index (χ4n) is 3.20. The molecule has 7 nitrogen and oxygen atoms in total. The first-order valence-electron chi connectivity index (χ1n) is 8.40. The minimum absolute atomic E-state index is 0.122. The molecule has 1 fully saturated rings. The van der Waals surface area contributed by atoms with Gasteiger partial charge in [0.05, 0.1) is 5.69 Å². The number of aryl methyl sites for hydroxylation is 2. The van der Waals surface area contributed by atoms with Crippen molar-refractivity contribution in [3.63, 3.8) is 0 Å². The van der Waals surface area contributed by atoms with Gasteiger partial charge in [0.1, 0.15) is 6.04 Å². The maximum absolute atomic E-state index is 12.9. The monoisotopic (exact) mass is 328 g/mol. The Morgan fingerprint density at radius 3 is 2.54 bits per heavy atom. The molecule has 0 spiro atoms. The number of nitrogens with zero attached hydrogens (tertiary/aromatic N) is 6. The van der Waals surface area contributed by atoms with Crippen molar-refractivity contribution < 1.29 is 4.79 Å². The number of hydrogen-bond acceptors (Lipinski definition) is 5. The van der Waals surface area contributed by atoms with E-state index in [0.717, 1.165) is 43.4 Å². The van der Waals surface area contributed by atoms with E-state index in [-0.39, 0.29) is 11.9 Å². The minimum Gasteiger partial charge on any atom is -0.339 e. The van der Waals surface area contributed by atoms with Crippen molar-refractivity contribution in [2.45, 2.75) is 33.2 Å². The Hall–Kier alpha value is -2.44. The average Bonchev–Trinajstić information content (AvgIpc) is 2.79. The lowest BCUT2D eigenvalue weighted by Gasteiger charge is -2.25. The van der Waals surface area contributed by atoms with Gasteiger partial charge in [0.15, 0.2) is 0 Å². The van der Waals surface area contributed by atoms with Gasteiger partial charge >= 0.3 is 0 Å². The van der Waals surface area contributed by atoms with E-state index >= 15 is 0 Å². The lowest BCUT2D eigenvalue weighted by Crippen LogP contribution is -2.39. The number of carbonyl (C=O) groups excluding carboxylic acids is 1. The quantitative estimate of drug-likeness (QED) is 0.856. The Balaban J connectivity index is 1.67. The number of rotatable bonds is 3. The van der Waals surface area contributed by atoms with Crippen molar-refractivity contribution in [1.82, 2.24) is 24.6 Å². The van der Waals surface area contributed by atoms with Crippen molar-refractivity contribution in [1.29, 1.82) is 0 Å². The van der Waals surface area contributed by atoms with Crippen LogP contribution in [0.5, 0.6) is 0 Å². The third kappa shape index (κ3) is 3.39. The predicted molar refractivity (Wildman–Crippen MR) is 91.9 cm³/mol. The molecule has 2 aromatic heterocycles. The second-order valence-electron chi connectivity index (χ2n) is 6.26. The maximum Gasteiger partial charge on any atom is 0.247 e. The van der Waals surface area contributed by atoms with Crippen LogP contribution in [0.4, 0.5) is 5.95 Å². The summed E-state index contributed by atoms with van der Waals surface area (Å²) in [5, 5.41) is 4.45. The van der Waals surface area contributed by atoms with Crippen LogP contribution < -0.4 is 4.90 Å². The van der Waals surface area contributed by atoms with Gasteiger partial charge in [0.2, 0.25) is 11.9 Å².